The Bertz CT molecular complexity index is 441. The summed E-state index contributed by atoms with van der Waals surface area (Å²) in [5.74, 6) is -0.844. The van der Waals surface area contributed by atoms with Gasteiger partial charge in [-0.3, -0.25) is 4.79 Å². The summed E-state index contributed by atoms with van der Waals surface area (Å²) in [6.07, 6.45) is 0. The first kappa shape index (κ1) is 15.7. The molecule has 1 rings (SSSR count). The summed E-state index contributed by atoms with van der Waals surface area (Å²) in [5.41, 5.74) is 0. The Hall–Kier alpha value is -1.40. The van der Waals surface area contributed by atoms with Gasteiger partial charge in [-0.2, -0.15) is 0 Å². The standard InChI is InChI=1S/C13H20N2O3S/c1-4-15(5-2)12(16)9(3)14-8-10-6-7-11(19-10)13(17)18/h6-7,9,14H,4-5,8H2,1-3H3,(H,17,18). The predicted octanol–water partition coefficient (Wildman–Crippen LogP) is 1.79. The normalized spacial score (nSPS) is 12.2. The zero-order chi connectivity index (χ0) is 14.4. The molecule has 0 aromatic carbocycles. The van der Waals surface area contributed by atoms with Gasteiger partial charge in [-0.15, -0.1) is 11.3 Å². The zero-order valence-electron chi connectivity index (χ0n) is 11.5. The van der Waals surface area contributed by atoms with E-state index in [4.69, 9.17) is 5.11 Å². The number of hydrogen-bond acceptors (Lipinski definition) is 4. The molecule has 0 aliphatic heterocycles. The topological polar surface area (TPSA) is 69.6 Å². The van der Waals surface area contributed by atoms with Crippen LogP contribution in [0, 0.1) is 0 Å². The number of amides is 1. The van der Waals surface area contributed by atoms with E-state index in [-0.39, 0.29) is 11.9 Å². The number of carbonyl (C=O) groups is 2. The maximum Gasteiger partial charge on any atom is 0.345 e. The second-order valence-electron chi connectivity index (χ2n) is 4.18. The first-order valence-corrected chi connectivity index (χ1v) is 7.15. The smallest absolute Gasteiger partial charge is 0.345 e. The van der Waals surface area contributed by atoms with Crippen LogP contribution < -0.4 is 5.32 Å². The first-order chi connectivity index (χ1) is 8.99. The summed E-state index contributed by atoms with van der Waals surface area (Å²) in [6, 6.07) is 3.09. The van der Waals surface area contributed by atoms with Crippen LogP contribution in [0.25, 0.3) is 0 Å². The Kier molecular flexibility index (Phi) is 5.98. The third-order valence-corrected chi connectivity index (χ3v) is 3.97. The molecular formula is C13H20N2O3S. The molecule has 1 unspecified atom stereocenters. The molecule has 0 radical (unpaired) electrons. The number of carboxylic acid groups (broad SMARTS) is 1. The van der Waals surface area contributed by atoms with E-state index in [2.05, 4.69) is 5.32 Å². The van der Waals surface area contributed by atoms with Gasteiger partial charge in [0.1, 0.15) is 4.88 Å². The lowest BCUT2D eigenvalue weighted by molar-refractivity contribution is -0.132. The molecule has 0 saturated heterocycles. The van der Waals surface area contributed by atoms with Crippen molar-refractivity contribution in [3.63, 3.8) is 0 Å². The van der Waals surface area contributed by atoms with Gasteiger partial charge in [-0.25, -0.2) is 4.79 Å². The van der Waals surface area contributed by atoms with Crippen LogP contribution in [-0.4, -0.2) is 41.0 Å². The lowest BCUT2D eigenvalue weighted by Gasteiger charge is -2.23. The van der Waals surface area contributed by atoms with Crippen molar-refractivity contribution in [2.24, 2.45) is 0 Å². The van der Waals surface area contributed by atoms with Crippen molar-refractivity contribution in [2.45, 2.75) is 33.4 Å². The lowest BCUT2D eigenvalue weighted by Crippen LogP contribution is -2.44. The summed E-state index contributed by atoms with van der Waals surface area (Å²) >= 11 is 1.23. The number of hydrogen-bond donors (Lipinski definition) is 2. The summed E-state index contributed by atoms with van der Waals surface area (Å²) in [7, 11) is 0. The van der Waals surface area contributed by atoms with E-state index in [1.165, 1.54) is 11.3 Å². The molecule has 106 valence electrons. The number of carboxylic acids is 1. The summed E-state index contributed by atoms with van der Waals surface area (Å²) in [4.78, 5) is 25.8. The van der Waals surface area contributed by atoms with E-state index in [0.29, 0.717) is 24.5 Å². The van der Waals surface area contributed by atoms with Gasteiger partial charge in [0, 0.05) is 24.5 Å². The van der Waals surface area contributed by atoms with E-state index in [1.807, 2.05) is 20.8 Å². The predicted molar refractivity (Wildman–Crippen MR) is 75.5 cm³/mol. The van der Waals surface area contributed by atoms with Crippen molar-refractivity contribution in [3.05, 3.63) is 21.9 Å². The van der Waals surface area contributed by atoms with Crippen LogP contribution in [0.5, 0.6) is 0 Å². The lowest BCUT2D eigenvalue weighted by atomic mass is 10.2. The Morgan fingerprint density at radius 1 is 1.37 bits per heavy atom. The van der Waals surface area contributed by atoms with Crippen molar-refractivity contribution in [3.8, 4) is 0 Å². The molecule has 0 spiro atoms. The highest BCUT2D eigenvalue weighted by molar-refractivity contribution is 7.13. The largest absolute Gasteiger partial charge is 0.477 e. The number of carbonyl (C=O) groups excluding carboxylic acids is 1. The molecule has 0 aliphatic rings. The van der Waals surface area contributed by atoms with Gasteiger partial charge in [0.15, 0.2) is 0 Å². The fourth-order valence-electron chi connectivity index (χ4n) is 1.74. The number of thiophene rings is 1. The van der Waals surface area contributed by atoms with E-state index in [0.717, 1.165) is 4.88 Å². The molecule has 0 fully saturated rings. The molecule has 19 heavy (non-hydrogen) atoms. The van der Waals surface area contributed by atoms with Crippen molar-refractivity contribution < 1.29 is 14.7 Å². The van der Waals surface area contributed by atoms with Crippen LogP contribution in [0.2, 0.25) is 0 Å². The van der Waals surface area contributed by atoms with Gasteiger partial charge in [0.2, 0.25) is 5.91 Å². The van der Waals surface area contributed by atoms with Gasteiger partial charge >= 0.3 is 5.97 Å². The minimum Gasteiger partial charge on any atom is -0.477 e. The van der Waals surface area contributed by atoms with Crippen molar-refractivity contribution in [2.75, 3.05) is 13.1 Å². The average molecular weight is 284 g/mol. The summed E-state index contributed by atoms with van der Waals surface area (Å²) in [6.45, 7) is 7.63. The second-order valence-corrected chi connectivity index (χ2v) is 5.35. The van der Waals surface area contributed by atoms with Crippen molar-refractivity contribution >= 4 is 23.2 Å². The Morgan fingerprint density at radius 3 is 2.47 bits per heavy atom. The number of nitrogens with zero attached hydrogens (tertiary/aromatic N) is 1. The van der Waals surface area contributed by atoms with Gasteiger partial charge in [-0.05, 0) is 32.9 Å². The molecular weight excluding hydrogens is 264 g/mol. The molecule has 1 aromatic rings. The van der Waals surface area contributed by atoms with E-state index < -0.39 is 5.97 Å². The number of aromatic carboxylic acids is 1. The molecule has 0 aliphatic carbocycles. The highest BCUT2D eigenvalue weighted by atomic mass is 32.1. The van der Waals surface area contributed by atoms with Crippen LogP contribution in [0.3, 0.4) is 0 Å². The van der Waals surface area contributed by atoms with Crippen LogP contribution >= 0.6 is 11.3 Å². The fourth-order valence-corrected chi connectivity index (χ4v) is 2.54. The van der Waals surface area contributed by atoms with Gasteiger partial charge in [0.05, 0.1) is 6.04 Å². The quantitative estimate of drug-likeness (QED) is 0.801. The van der Waals surface area contributed by atoms with E-state index in [9.17, 15) is 9.59 Å². The van der Waals surface area contributed by atoms with Gasteiger partial charge < -0.3 is 15.3 Å². The van der Waals surface area contributed by atoms with Crippen molar-refractivity contribution in [1.29, 1.82) is 0 Å². The third-order valence-electron chi connectivity index (χ3n) is 2.90. The van der Waals surface area contributed by atoms with Gasteiger partial charge in [0.25, 0.3) is 0 Å². The molecule has 6 heteroatoms. The van der Waals surface area contributed by atoms with E-state index in [1.54, 1.807) is 17.0 Å². The monoisotopic (exact) mass is 284 g/mol. The van der Waals surface area contributed by atoms with E-state index >= 15 is 0 Å². The van der Waals surface area contributed by atoms with Crippen molar-refractivity contribution in [1.82, 2.24) is 10.2 Å². The molecule has 1 heterocycles. The molecule has 2 N–H and O–H groups in total. The molecule has 5 nitrogen and oxygen atoms in total. The number of likely N-dealkylation sites (N-methyl/N-ethyl adjacent to an activating group) is 1. The minimum absolute atomic E-state index is 0.0695. The fraction of sp³-hybridized carbons (Fsp3) is 0.538. The summed E-state index contributed by atoms with van der Waals surface area (Å²) in [5, 5.41) is 12.0. The molecule has 1 amide bonds. The maximum absolute atomic E-state index is 12.0. The van der Waals surface area contributed by atoms with Crippen LogP contribution in [0.4, 0.5) is 0 Å². The summed E-state index contributed by atoms with van der Waals surface area (Å²) < 4.78 is 0. The van der Waals surface area contributed by atoms with Crippen LogP contribution in [0.15, 0.2) is 12.1 Å². The second kappa shape index (κ2) is 7.25. The highest BCUT2D eigenvalue weighted by Gasteiger charge is 2.17. The average Bonchev–Trinajstić information content (AvgIpc) is 2.86. The molecule has 0 bridgehead atoms. The van der Waals surface area contributed by atoms with Gasteiger partial charge in [-0.1, -0.05) is 0 Å². The first-order valence-electron chi connectivity index (χ1n) is 6.33. The molecule has 1 atom stereocenters. The Labute approximate surface area is 117 Å². The zero-order valence-corrected chi connectivity index (χ0v) is 12.3. The Morgan fingerprint density at radius 2 is 2.00 bits per heavy atom. The highest BCUT2D eigenvalue weighted by Crippen LogP contribution is 2.16. The number of nitrogens with one attached hydrogen (secondary N) is 1. The third kappa shape index (κ3) is 4.33. The molecule has 1 aromatic heterocycles. The molecule has 0 saturated carbocycles. The minimum atomic E-state index is -0.913. The van der Waals surface area contributed by atoms with Crippen LogP contribution in [-0.2, 0) is 11.3 Å². The SMILES string of the molecule is CCN(CC)C(=O)C(C)NCc1ccc(C(=O)O)s1. The maximum atomic E-state index is 12.0. The number of rotatable bonds is 7. The Balaban J connectivity index is 2.51. The van der Waals surface area contributed by atoms with Crippen LogP contribution in [0.1, 0.15) is 35.3 Å².